The summed E-state index contributed by atoms with van der Waals surface area (Å²) in [6.45, 7) is 0.600. The first-order chi connectivity index (χ1) is 17.0. The molecule has 0 unspecified atom stereocenters. The van der Waals surface area contributed by atoms with E-state index in [0.717, 1.165) is 10.1 Å². The second-order valence-corrected chi connectivity index (χ2v) is 8.04. The predicted molar refractivity (Wildman–Crippen MR) is 129 cm³/mol. The molecule has 2 heterocycles. The van der Waals surface area contributed by atoms with Crippen molar-refractivity contribution in [2.24, 2.45) is 0 Å². The molecule has 35 heavy (non-hydrogen) atoms. The van der Waals surface area contributed by atoms with Crippen LogP contribution in [0.2, 0.25) is 0 Å². The third-order valence-electron chi connectivity index (χ3n) is 5.68. The average molecular weight is 480 g/mol. The lowest BCUT2D eigenvalue weighted by Gasteiger charge is -2.13. The van der Waals surface area contributed by atoms with Crippen molar-refractivity contribution in [2.45, 2.75) is 26.1 Å². The molecule has 0 saturated carbocycles. The normalized spacial score (nSPS) is 11.1. The van der Waals surface area contributed by atoms with Gasteiger partial charge in [-0.25, -0.2) is 18.7 Å². The summed E-state index contributed by atoms with van der Waals surface area (Å²) >= 11 is 0. The summed E-state index contributed by atoms with van der Waals surface area (Å²) in [5.41, 5.74) is 0.549. The monoisotopic (exact) mass is 479 g/mol. The van der Waals surface area contributed by atoms with Crippen LogP contribution in [0.25, 0.3) is 11.2 Å². The number of rotatable bonds is 10. The van der Waals surface area contributed by atoms with Gasteiger partial charge in [0.15, 0.2) is 11.2 Å². The number of nitrogens with one attached hydrogen (secondary N) is 1. The fourth-order valence-corrected chi connectivity index (χ4v) is 3.88. The lowest BCUT2D eigenvalue weighted by Crippen LogP contribution is -2.44. The van der Waals surface area contributed by atoms with Crippen molar-refractivity contribution >= 4 is 17.1 Å². The zero-order valence-corrected chi connectivity index (χ0v) is 19.3. The van der Waals surface area contributed by atoms with Gasteiger partial charge >= 0.3 is 5.69 Å². The fourth-order valence-electron chi connectivity index (χ4n) is 3.88. The molecule has 4 rings (SSSR count). The van der Waals surface area contributed by atoms with Gasteiger partial charge < -0.3 is 14.6 Å². The van der Waals surface area contributed by atoms with E-state index in [1.54, 1.807) is 29.9 Å². The highest BCUT2D eigenvalue weighted by Gasteiger charge is 2.20. The Morgan fingerprint density at radius 1 is 1.06 bits per heavy atom. The summed E-state index contributed by atoms with van der Waals surface area (Å²) < 4.78 is 22.9. The van der Waals surface area contributed by atoms with Crippen LogP contribution >= 0.6 is 0 Å². The first kappa shape index (κ1) is 24.1. The number of halogens is 1. The van der Waals surface area contributed by atoms with Crippen LogP contribution in [0.1, 0.15) is 11.1 Å². The third-order valence-corrected chi connectivity index (χ3v) is 5.68. The van der Waals surface area contributed by atoms with Crippen LogP contribution in [0, 0.1) is 5.82 Å². The van der Waals surface area contributed by atoms with Crippen LogP contribution in [0.15, 0.2) is 70.5 Å². The van der Waals surface area contributed by atoms with Crippen LogP contribution in [0.5, 0.6) is 0 Å². The van der Waals surface area contributed by atoms with Gasteiger partial charge in [0.05, 0.1) is 19.5 Å². The Morgan fingerprint density at radius 3 is 2.54 bits per heavy atom. The molecule has 0 fully saturated rings. The van der Waals surface area contributed by atoms with Crippen LogP contribution in [-0.2, 0) is 35.6 Å². The van der Waals surface area contributed by atoms with E-state index in [1.807, 2.05) is 30.3 Å². The molecule has 0 bridgehead atoms. The van der Waals surface area contributed by atoms with Crippen molar-refractivity contribution in [1.29, 1.82) is 0 Å². The SMILES string of the molecule is COCCn1cnc2c1c(=O)n(CC(=O)NCCc1ccccc1F)c(=O)n2Cc1ccccc1. The van der Waals surface area contributed by atoms with Gasteiger partial charge in [0.1, 0.15) is 12.4 Å². The van der Waals surface area contributed by atoms with E-state index in [1.165, 1.54) is 17.0 Å². The molecule has 1 N–H and O–H groups in total. The Hall–Kier alpha value is -4.05. The quantitative estimate of drug-likeness (QED) is 0.372. The number of hydrogen-bond acceptors (Lipinski definition) is 5. The molecule has 1 amide bonds. The van der Waals surface area contributed by atoms with E-state index in [-0.39, 0.29) is 36.5 Å². The lowest BCUT2D eigenvalue weighted by molar-refractivity contribution is -0.121. The van der Waals surface area contributed by atoms with Gasteiger partial charge in [-0.1, -0.05) is 48.5 Å². The Kier molecular flexibility index (Phi) is 7.51. The number of carbonyl (C=O) groups is 1. The number of hydrogen-bond donors (Lipinski definition) is 1. The minimum absolute atomic E-state index is 0.167. The predicted octanol–water partition coefficient (Wildman–Crippen LogP) is 1.55. The van der Waals surface area contributed by atoms with E-state index in [2.05, 4.69) is 10.3 Å². The van der Waals surface area contributed by atoms with E-state index < -0.39 is 23.7 Å². The number of ether oxygens (including phenoxy) is 1. The minimum atomic E-state index is -0.632. The average Bonchev–Trinajstić information content (AvgIpc) is 3.29. The molecular weight excluding hydrogens is 453 g/mol. The second-order valence-electron chi connectivity index (χ2n) is 8.04. The van der Waals surface area contributed by atoms with Gasteiger partial charge in [0.25, 0.3) is 5.56 Å². The topological polar surface area (TPSA) is 100 Å². The first-order valence-corrected chi connectivity index (χ1v) is 11.2. The smallest absolute Gasteiger partial charge is 0.333 e. The fraction of sp³-hybridized carbons (Fsp3) is 0.280. The maximum absolute atomic E-state index is 13.8. The van der Waals surface area contributed by atoms with Crippen molar-refractivity contribution in [3.63, 3.8) is 0 Å². The number of carbonyl (C=O) groups excluding carboxylic acids is 1. The van der Waals surface area contributed by atoms with Crippen molar-refractivity contribution in [3.05, 3.63) is 98.7 Å². The number of benzene rings is 2. The van der Waals surface area contributed by atoms with Gasteiger partial charge in [0.2, 0.25) is 5.91 Å². The molecule has 0 saturated heterocycles. The Labute approximate surface area is 200 Å². The maximum Gasteiger partial charge on any atom is 0.333 e. The van der Waals surface area contributed by atoms with Gasteiger partial charge in [-0.2, -0.15) is 0 Å². The number of aromatic nitrogens is 4. The minimum Gasteiger partial charge on any atom is -0.383 e. The van der Waals surface area contributed by atoms with Crippen LogP contribution < -0.4 is 16.6 Å². The summed E-state index contributed by atoms with van der Waals surface area (Å²) in [6.07, 6.45) is 1.78. The standard InChI is InChI=1S/C25H26FN5O4/c1-35-14-13-29-17-28-23-22(29)24(33)31(25(34)30(23)15-18-7-3-2-4-8-18)16-21(32)27-12-11-19-9-5-6-10-20(19)26/h2-10,17H,11-16H2,1H3,(H,27,32). The number of methoxy groups -OCH3 is 1. The van der Waals surface area contributed by atoms with E-state index >= 15 is 0 Å². The molecular formula is C25H26FN5O4. The Bertz CT molecular complexity index is 1440. The molecule has 0 spiro atoms. The molecule has 9 nitrogen and oxygen atoms in total. The highest BCUT2D eigenvalue weighted by atomic mass is 19.1. The van der Waals surface area contributed by atoms with Gasteiger partial charge in [-0.15, -0.1) is 0 Å². The number of fused-ring (bicyclic) bond motifs is 1. The Morgan fingerprint density at radius 2 is 1.80 bits per heavy atom. The molecule has 0 aliphatic heterocycles. The molecule has 0 aliphatic rings. The van der Waals surface area contributed by atoms with Crippen molar-refractivity contribution in [3.8, 4) is 0 Å². The van der Waals surface area contributed by atoms with Crippen LogP contribution in [0.3, 0.4) is 0 Å². The molecule has 0 atom stereocenters. The second kappa shape index (κ2) is 10.9. The van der Waals surface area contributed by atoms with Gasteiger partial charge in [-0.3, -0.25) is 14.2 Å². The van der Waals surface area contributed by atoms with Gasteiger partial charge in [-0.05, 0) is 23.6 Å². The summed E-state index contributed by atoms with van der Waals surface area (Å²) in [5.74, 6) is -0.870. The van der Waals surface area contributed by atoms with Crippen molar-refractivity contribution in [1.82, 2.24) is 24.0 Å². The first-order valence-electron chi connectivity index (χ1n) is 11.2. The summed E-state index contributed by atoms with van der Waals surface area (Å²) in [4.78, 5) is 43.6. The highest BCUT2D eigenvalue weighted by molar-refractivity contribution is 5.76. The summed E-state index contributed by atoms with van der Waals surface area (Å²) in [5, 5.41) is 2.67. The number of nitrogens with zero attached hydrogens (tertiary/aromatic N) is 4. The van der Waals surface area contributed by atoms with Crippen LogP contribution in [0.4, 0.5) is 4.39 Å². The molecule has 0 aliphatic carbocycles. The molecule has 2 aromatic carbocycles. The van der Waals surface area contributed by atoms with E-state index in [0.29, 0.717) is 18.7 Å². The zero-order valence-electron chi connectivity index (χ0n) is 19.3. The van der Waals surface area contributed by atoms with Crippen LogP contribution in [-0.4, -0.2) is 44.9 Å². The molecule has 2 aromatic heterocycles. The molecule has 0 radical (unpaired) electrons. The number of imidazole rings is 1. The van der Waals surface area contributed by atoms with Gasteiger partial charge in [0, 0.05) is 20.2 Å². The lowest BCUT2D eigenvalue weighted by atomic mass is 10.1. The summed E-state index contributed by atoms with van der Waals surface area (Å²) in [6, 6.07) is 15.6. The zero-order chi connectivity index (χ0) is 24.8. The maximum atomic E-state index is 13.8. The van der Waals surface area contributed by atoms with Crippen molar-refractivity contribution < 1.29 is 13.9 Å². The molecule has 10 heteroatoms. The number of amides is 1. The van der Waals surface area contributed by atoms with E-state index in [9.17, 15) is 18.8 Å². The largest absolute Gasteiger partial charge is 0.383 e. The summed E-state index contributed by atoms with van der Waals surface area (Å²) in [7, 11) is 1.55. The molecule has 4 aromatic rings. The van der Waals surface area contributed by atoms with Crippen molar-refractivity contribution in [2.75, 3.05) is 20.3 Å². The van der Waals surface area contributed by atoms with E-state index in [4.69, 9.17) is 4.74 Å². The third kappa shape index (κ3) is 5.38. The molecule has 182 valence electrons. The Balaban J connectivity index is 1.64. The highest BCUT2D eigenvalue weighted by Crippen LogP contribution is 2.10.